The normalized spacial score (nSPS) is 27.2. The molecule has 0 unspecified atom stereocenters. The van der Waals surface area contributed by atoms with Crippen molar-refractivity contribution in [3.8, 4) is 11.5 Å². The molecule has 62 heavy (non-hydrogen) atoms. The zero-order valence-corrected chi connectivity index (χ0v) is 39.6. The number of rotatable bonds is 15. The molecule has 0 aromatic heterocycles. The maximum absolute atomic E-state index is 11.9. The number of esters is 2. The zero-order valence-electron chi connectivity index (χ0n) is 37.9. The van der Waals surface area contributed by atoms with Gasteiger partial charge >= 0.3 is 11.9 Å². The van der Waals surface area contributed by atoms with E-state index >= 15 is 0 Å². The van der Waals surface area contributed by atoms with Gasteiger partial charge < -0.3 is 52.8 Å². The molecule has 0 bridgehead atoms. The highest BCUT2D eigenvalue weighted by Crippen LogP contribution is 2.43. The summed E-state index contributed by atoms with van der Waals surface area (Å²) in [7, 11) is 12.2. The van der Waals surface area contributed by atoms with E-state index in [1.165, 1.54) is 6.08 Å². The Balaban J connectivity index is 0.000000262. The fourth-order valence-electron chi connectivity index (χ4n) is 7.23. The van der Waals surface area contributed by atoms with Crippen molar-refractivity contribution in [2.45, 2.75) is 101 Å². The van der Waals surface area contributed by atoms with Gasteiger partial charge in [0, 0.05) is 59.6 Å². The van der Waals surface area contributed by atoms with Gasteiger partial charge in [-0.05, 0) is 61.7 Å². The van der Waals surface area contributed by atoms with Gasteiger partial charge in [0.1, 0.15) is 34.5 Å². The number of hydrogen-bond donors (Lipinski definition) is 1. The number of aliphatic imine (C=N–C) groups is 2. The Labute approximate surface area is 375 Å². The third-order valence-electron chi connectivity index (χ3n) is 10.5. The smallest absolute Gasteiger partial charge is 0.330 e. The number of aliphatic hydroxyl groups excluding tert-OH is 1. The van der Waals surface area contributed by atoms with E-state index in [2.05, 4.69) is 13.8 Å². The minimum Gasteiger partial charge on any atom is -0.497 e. The number of ether oxygens (including phenoxy) is 8. The summed E-state index contributed by atoms with van der Waals surface area (Å²) in [5.74, 6) is 1.20. The molecule has 4 heterocycles. The van der Waals surface area contributed by atoms with Crippen LogP contribution in [0.25, 0.3) is 0 Å². The standard InChI is InChI=1S/C22H32N2O5S.C22H30N2O5S.CH4O/c2*1-6-27-18(25)12-11-17-14(2)20(19-21(29-17)30-22(23-19)24(3)4)28-13-15-7-9-16(26-5)10-8-15;1-2/h7-10,14,17,19-21H,6,11-13H2,1-5H3;7-12,14,17,19-21H,6,13H2,1-5H3;2H,1H3/b;12-11+;/t2*14-,17-,19-,20+,21-;/m11./s1. The topological polar surface area (TPSA) is 159 Å². The summed E-state index contributed by atoms with van der Waals surface area (Å²) in [6.07, 6.45) is 3.59. The molecule has 0 spiro atoms. The van der Waals surface area contributed by atoms with Crippen LogP contribution >= 0.6 is 23.5 Å². The summed E-state index contributed by atoms with van der Waals surface area (Å²) < 4.78 is 45.9. The molecule has 2 aromatic carbocycles. The molecule has 1 N–H and O–H groups in total. The number of benzene rings is 2. The molecule has 17 heteroatoms. The van der Waals surface area contributed by atoms with Gasteiger partial charge in [0.05, 0.1) is 65.1 Å². The van der Waals surface area contributed by atoms with Crippen LogP contribution < -0.4 is 9.47 Å². The first-order valence-corrected chi connectivity index (χ1v) is 22.7. The van der Waals surface area contributed by atoms with E-state index in [0.717, 1.165) is 40.1 Å². The lowest BCUT2D eigenvalue weighted by molar-refractivity contribution is -0.151. The van der Waals surface area contributed by atoms with Crippen molar-refractivity contribution in [3.05, 3.63) is 71.8 Å². The van der Waals surface area contributed by atoms with Crippen LogP contribution in [0.2, 0.25) is 0 Å². The SMILES string of the molecule is CCOC(=O)/C=C/[C@H]1O[C@@H]2SC(N(C)C)=N[C@@H]2[C@@H](OCc2ccc(OC)cc2)[C@@H]1C.CCOC(=O)CC[C@H]1O[C@@H]2SC(N(C)C)=N[C@@H]2[C@@H](OCc2ccc(OC)cc2)[C@@H]1C.CO. The molecule has 2 fully saturated rings. The monoisotopic (exact) mass is 902 g/mol. The summed E-state index contributed by atoms with van der Waals surface area (Å²) in [6, 6.07) is 15.6. The van der Waals surface area contributed by atoms with Crippen molar-refractivity contribution < 1.29 is 52.6 Å². The van der Waals surface area contributed by atoms with Gasteiger partial charge in [-0.25, -0.2) is 4.79 Å². The molecule has 15 nitrogen and oxygen atoms in total. The molecule has 0 aliphatic carbocycles. The molecule has 4 aliphatic heterocycles. The van der Waals surface area contributed by atoms with Gasteiger partial charge in [-0.1, -0.05) is 61.6 Å². The molecule has 344 valence electrons. The maximum Gasteiger partial charge on any atom is 0.330 e. The first kappa shape index (κ1) is 50.8. The molecule has 10 atom stereocenters. The largest absolute Gasteiger partial charge is 0.497 e. The highest BCUT2D eigenvalue weighted by molar-refractivity contribution is 8.14. The zero-order chi connectivity index (χ0) is 45.3. The average Bonchev–Trinajstić information content (AvgIpc) is 3.91. The lowest BCUT2D eigenvalue weighted by Gasteiger charge is -2.41. The number of nitrogens with zero attached hydrogens (tertiary/aromatic N) is 4. The minimum absolute atomic E-state index is 0.0148. The lowest BCUT2D eigenvalue weighted by Crippen LogP contribution is -2.51. The number of methoxy groups -OCH3 is 2. The Hall–Kier alpha value is -3.84. The highest BCUT2D eigenvalue weighted by atomic mass is 32.2. The molecular weight excluding hydrogens is 837 g/mol. The Kier molecular flexibility index (Phi) is 20.9. The molecule has 2 saturated heterocycles. The molecule has 4 aliphatic rings. The number of thioether (sulfide) groups is 2. The summed E-state index contributed by atoms with van der Waals surface area (Å²) in [5, 5.41) is 8.87. The van der Waals surface area contributed by atoms with Crippen LogP contribution in [-0.4, -0.2) is 147 Å². The predicted octanol–water partition coefficient (Wildman–Crippen LogP) is 6.02. The molecule has 0 amide bonds. The van der Waals surface area contributed by atoms with Gasteiger partial charge in [0.15, 0.2) is 10.3 Å². The van der Waals surface area contributed by atoms with Crippen LogP contribution in [0.3, 0.4) is 0 Å². The van der Waals surface area contributed by atoms with E-state index < -0.39 is 0 Å². The van der Waals surface area contributed by atoms with Crippen LogP contribution in [0.5, 0.6) is 11.5 Å². The van der Waals surface area contributed by atoms with Gasteiger partial charge in [-0.2, -0.15) is 0 Å². The highest BCUT2D eigenvalue weighted by Gasteiger charge is 2.49. The van der Waals surface area contributed by atoms with Crippen molar-refractivity contribution in [2.75, 3.05) is 62.7 Å². The lowest BCUT2D eigenvalue weighted by atomic mass is 9.87. The fraction of sp³-hybridized carbons (Fsp3) is 0.600. The number of carbonyl (C=O) groups excluding carboxylic acids is 2. The Morgan fingerprint density at radius 1 is 0.726 bits per heavy atom. The summed E-state index contributed by atoms with van der Waals surface area (Å²) in [4.78, 5) is 37.4. The second kappa shape index (κ2) is 25.5. The Bertz CT molecular complexity index is 1780. The Morgan fingerprint density at radius 2 is 1.19 bits per heavy atom. The molecule has 2 aromatic rings. The second-order valence-electron chi connectivity index (χ2n) is 15.3. The summed E-state index contributed by atoms with van der Waals surface area (Å²) >= 11 is 3.21. The van der Waals surface area contributed by atoms with E-state index in [4.69, 9.17) is 53.0 Å². The van der Waals surface area contributed by atoms with E-state index in [1.54, 1.807) is 50.7 Å². The number of amidine groups is 2. The molecule has 0 radical (unpaired) electrons. The first-order chi connectivity index (χ1) is 29.8. The van der Waals surface area contributed by atoms with Gasteiger partial charge in [-0.3, -0.25) is 14.8 Å². The van der Waals surface area contributed by atoms with Crippen LogP contribution in [0.1, 0.15) is 51.7 Å². The third kappa shape index (κ3) is 14.1. The van der Waals surface area contributed by atoms with Crippen LogP contribution in [0.15, 0.2) is 70.7 Å². The number of carbonyl (C=O) groups is 2. The molecular formula is C45H66N4O11S2. The quantitative estimate of drug-likeness (QED) is 0.163. The summed E-state index contributed by atoms with van der Waals surface area (Å²) in [5.41, 5.74) is 1.88. The number of aliphatic hydroxyl groups is 1. The van der Waals surface area contributed by atoms with E-state index in [0.29, 0.717) is 39.3 Å². The van der Waals surface area contributed by atoms with Crippen LogP contribution in [-0.2, 0) is 51.2 Å². The van der Waals surface area contributed by atoms with Gasteiger partial charge in [-0.15, -0.1) is 0 Å². The molecule has 0 saturated carbocycles. The third-order valence-corrected chi connectivity index (χ3v) is 13.2. The average molecular weight is 903 g/mol. The maximum atomic E-state index is 11.9. The van der Waals surface area contributed by atoms with Crippen molar-refractivity contribution in [2.24, 2.45) is 21.8 Å². The first-order valence-electron chi connectivity index (χ1n) is 20.9. The van der Waals surface area contributed by atoms with E-state index in [9.17, 15) is 9.59 Å². The summed E-state index contributed by atoms with van der Waals surface area (Å²) in [6.45, 7) is 9.50. The van der Waals surface area contributed by atoms with Gasteiger partial charge in [0.25, 0.3) is 0 Å². The molecule has 6 rings (SSSR count). The predicted molar refractivity (Wildman–Crippen MR) is 244 cm³/mol. The van der Waals surface area contributed by atoms with Gasteiger partial charge in [0.2, 0.25) is 0 Å². The fourth-order valence-corrected chi connectivity index (χ4v) is 9.53. The van der Waals surface area contributed by atoms with Crippen LogP contribution in [0.4, 0.5) is 0 Å². The number of fused-ring (bicyclic) bond motifs is 2. The Morgan fingerprint density at radius 3 is 1.65 bits per heavy atom. The number of hydrogen-bond acceptors (Lipinski definition) is 17. The van der Waals surface area contributed by atoms with Crippen molar-refractivity contribution in [1.82, 2.24) is 9.80 Å². The van der Waals surface area contributed by atoms with Crippen molar-refractivity contribution >= 4 is 45.8 Å². The van der Waals surface area contributed by atoms with E-state index in [1.807, 2.05) is 93.4 Å². The minimum atomic E-state index is -0.365. The van der Waals surface area contributed by atoms with E-state index in [-0.39, 0.29) is 71.1 Å². The second-order valence-corrected chi connectivity index (χ2v) is 17.4. The van der Waals surface area contributed by atoms with Crippen molar-refractivity contribution in [3.63, 3.8) is 0 Å². The van der Waals surface area contributed by atoms with Crippen LogP contribution in [0, 0.1) is 11.8 Å². The van der Waals surface area contributed by atoms with Crippen molar-refractivity contribution in [1.29, 1.82) is 0 Å².